The number of carbonyl (C=O) groups is 1. The summed E-state index contributed by atoms with van der Waals surface area (Å²) in [4.78, 5) is 42.6. The topological polar surface area (TPSA) is 107 Å². The minimum absolute atomic E-state index is 0.0262. The van der Waals surface area contributed by atoms with Crippen molar-refractivity contribution < 1.29 is 4.79 Å². The molecule has 4 aromatic rings. The fourth-order valence-corrected chi connectivity index (χ4v) is 5.71. The van der Waals surface area contributed by atoms with E-state index in [0.717, 1.165) is 67.1 Å². The van der Waals surface area contributed by atoms with Gasteiger partial charge in [-0.25, -0.2) is 15.0 Å². The van der Waals surface area contributed by atoms with Crippen LogP contribution >= 0.6 is 0 Å². The number of rotatable bonds is 4. The maximum Gasteiger partial charge on any atom is 0.257 e. The fraction of sp³-hybridized carbons (Fsp3) is 0.458. The van der Waals surface area contributed by atoms with Gasteiger partial charge in [-0.15, -0.1) is 0 Å². The Morgan fingerprint density at radius 2 is 2.00 bits per heavy atom. The lowest BCUT2D eigenvalue weighted by molar-refractivity contribution is 0.0787. The van der Waals surface area contributed by atoms with Crippen LogP contribution in [0.15, 0.2) is 31.0 Å². The van der Waals surface area contributed by atoms with Crippen molar-refractivity contribution in [2.75, 3.05) is 24.5 Å². The molecule has 0 aromatic carbocycles. The normalized spacial score (nSPS) is 23.3. The molecule has 4 aromatic heterocycles. The van der Waals surface area contributed by atoms with Crippen LogP contribution < -0.4 is 4.90 Å². The molecule has 9 nitrogen and oxygen atoms in total. The number of nitrogens with one attached hydrogen (secondary N) is 2. The van der Waals surface area contributed by atoms with E-state index in [1.807, 2.05) is 11.1 Å². The monoisotopic (exact) mass is 442 g/mol. The first-order valence-corrected chi connectivity index (χ1v) is 11.9. The summed E-state index contributed by atoms with van der Waals surface area (Å²) in [6.45, 7) is 2.54. The molecule has 0 bridgehead atoms. The van der Waals surface area contributed by atoms with Crippen LogP contribution in [0.5, 0.6) is 0 Å². The van der Waals surface area contributed by atoms with E-state index in [9.17, 15) is 4.79 Å². The minimum atomic E-state index is 0.0262. The number of aromatic amines is 2. The van der Waals surface area contributed by atoms with Gasteiger partial charge in [0.1, 0.15) is 22.8 Å². The number of hydrogen-bond donors (Lipinski definition) is 2. The van der Waals surface area contributed by atoms with Crippen molar-refractivity contribution in [3.63, 3.8) is 0 Å². The van der Waals surface area contributed by atoms with E-state index < -0.39 is 0 Å². The van der Waals surface area contributed by atoms with Gasteiger partial charge in [-0.2, -0.15) is 0 Å². The second-order valence-corrected chi connectivity index (χ2v) is 9.61. The molecule has 7 rings (SSSR count). The number of pyridine rings is 1. The van der Waals surface area contributed by atoms with Crippen LogP contribution in [0.25, 0.3) is 22.1 Å². The van der Waals surface area contributed by atoms with Gasteiger partial charge < -0.3 is 19.8 Å². The third-order valence-electron chi connectivity index (χ3n) is 7.54. The summed E-state index contributed by atoms with van der Waals surface area (Å²) in [5.74, 6) is 3.01. The lowest BCUT2D eigenvalue weighted by Crippen LogP contribution is -2.38. The predicted molar refractivity (Wildman–Crippen MR) is 124 cm³/mol. The van der Waals surface area contributed by atoms with Crippen molar-refractivity contribution in [3.05, 3.63) is 42.4 Å². The summed E-state index contributed by atoms with van der Waals surface area (Å²) < 4.78 is 0. The average Bonchev–Trinajstić information content (AvgIpc) is 3.31. The molecule has 3 fully saturated rings. The quantitative estimate of drug-likeness (QED) is 0.503. The Hall–Kier alpha value is -3.49. The average molecular weight is 443 g/mol. The molecule has 6 heterocycles. The number of anilines is 1. The number of imidazole rings is 1. The molecule has 1 amide bonds. The highest BCUT2D eigenvalue weighted by Crippen LogP contribution is 2.41. The number of hydrogen-bond acceptors (Lipinski definition) is 6. The van der Waals surface area contributed by atoms with Gasteiger partial charge in [0.2, 0.25) is 0 Å². The molecule has 9 heteroatoms. The Morgan fingerprint density at radius 1 is 1.06 bits per heavy atom. The zero-order chi connectivity index (χ0) is 21.9. The van der Waals surface area contributed by atoms with Crippen molar-refractivity contribution in [1.29, 1.82) is 0 Å². The van der Waals surface area contributed by atoms with Crippen LogP contribution in [0.2, 0.25) is 0 Å². The molecule has 1 aliphatic carbocycles. The highest BCUT2D eigenvalue weighted by molar-refractivity contribution is 6.04. The highest BCUT2D eigenvalue weighted by Gasteiger charge is 2.39. The summed E-state index contributed by atoms with van der Waals surface area (Å²) >= 11 is 0. The standard InChI is InChI=1S/C24H26N8O/c33-24(17-10-25-11-18-20(17)28-13-27-18)31-9-6-15(12-31)19-2-1-8-32(19)23-16-5-7-26-22(16)29-21(30-23)14-3-4-14/h5,7,10-11,13-15,19H,1-4,6,8-9,12H2,(H,27,28)(H,26,29,30). The molecular formula is C24H26N8O. The number of amides is 1. The van der Waals surface area contributed by atoms with E-state index in [2.05, 4.69) is 30.9 Å². The van der Waals surface area contributed by atoms with Crippen LogP contribution in [-0.4, -0.2) is 66.4 Å². The molecule has 1 saturated carbocycles. The van der Waals surface area contributed by atoms with E-state index in [1.54, 1.807) is 18.7 Å². The van der Waals surface area contributed by atoms with Gasteiger partial charge in [0.25, 0.3) is 5.91 Å². The van der Waals surface area contributed by atoms with Crippen molar-refractivity contribution >= 4 is 33.8 Å². The molecule has 2 saturated heterocycles. The van der Waals surface area contributed by atoms with Crippen molar-refractivity contribution in [2.24, 2.45) is 5.92 Å². The highest BCUT2D eigenvalue weighted by atomic mass is 16.2. The Labute approximate surface area is 190 Å². The summed E-state index contributed by atoms with van der Waals surface area (Å²) in [6, 6.07) is 2.49. The van der Waals surface area contributed by atoms with Gasteiger partial charge in [-0.3, -0.25) is 9.78 Å². The first kappa shape index (κ1) is 19.0. The maximum absolute atomic E-state index is 13.3. The molecule has 2 aliphatic heterocycles. The van der Waals surface area contributed by atoms with E-state index >= 15 is 0 Å². The Kier molecular flexibility index (Phi) is 4.19. The molecule has 2 unspecified atom stereocenters. The number of likely N-dealkylation sites (tertiary alicyclic amines) is 1. The van der Waals surface area contributed by atoms with Crippen molar-refractivity contribution in [3.8, 4) is 0 Å². The van der Waals surface area contributed by atoms with Gasteiger partial charge in [0.05, 0.1) is 29.0 Å². The van der Waals surface area contributed by atoms with Crippen LogP contribution in [-0.2, 0) is 0 Å². The van der Waals surface area contributed by atoms with Crippen LogP contribution in [0, 0.1) is 5.92 Å². The van der Waals surface area contributed by atoms with Gasteiger partial charge in [-0.1, -0.05) is 0 Å². The van der Waals surface area contributed by atoms with Gasteiger partial charge in [-0.05, 0) is 44.1 Å². The van der Waals surface area contributed by atoms with Crippen LogP contribution in [0.1, 0.15) is 54.2 Å². The molecule has 0 spiro atoms. The smallest absolute Gasteiger partial charge is 0.257 e. The third-order valence-corrected chi connectivity index (χ3v) is 7.54. The van der Waals surface area contributed by atoms with Gasteiger partial charge in [0, 0.05) is 44.0 Å². The molecule has 2 N–H and O–H groups in total. The lowest BCUT2D eigenvalue weighted by Gasteiger charge is -2.31. The molecule has 3 aliphatic rings. The number of fused-ring (bicyclic) bond motifs is 2. The summed E-state index contributed by atoms with van der Waals surface area (Å²) in [6.07, 6.45) is 12.6. The third kappa shape index (κ3) is 3.09. The second kappa shape index (κ2) is 7.26. The maximum atomic E-state index is 13.3. The zero-order valence-electron chi connectivity index (χ0n) is 18.4. The van der Waals surface area contributed by atoms with Crippen LogP contribution in [0.4, 0.5) is 5.82 Å². The fourth-order valence-electron chi connectivity index (χ4n) is 5.71. The summed E-state index contributed by atoms with van der Waals surface area (Å²) in [7, 11) is 0. The predicted octanol–water partition coefficient (Wildman–Crippen LogP) is 3.24. The first-order chi connectivity index (χ1) is 16.3. The summed E-state index contributed by atoms with van der Waals surface area (Å²) in [5.41, 5.74) is 3.01. The van der Waals surface area contributed by atoms with Gasteiger partial charge >= 0.3 is 0 Å². The second-order valence-electron chi connectivity index (χ2n) is 9.61. The Bertz CT molecular complexity index is 1360. The number of nitrogens with zero attached hydrogens (tertiary/aromatic N) is 6. The molecule has 33 heavy (non-hydrogen) atoms. The zero-order valence-corrected chi connectivity index (χ0v) is 18.4. The number of carbonyl (C=O) groups excluding carboxylic acids is 1. The Balaban J connectivity index is 1.16. The van der Waals surface area contributed by atoms with Crippen molar-refractivity contribution in [2.45, 2.75) is 44.1 Å². The SMILES string of the molecule is O=C(c1cncc2[nH]cnc12)N1CCC(C2CCCN2c2nc(C3CC3)nc3[nH]ccc23)C1. The molecular weight excluding hydrogens is 416 g/mol. The Morgan fingerprint density at radius 3 is 2.91 bits per heavy atom. The van der Waals surface area contributed by atoms with Crippen LogP contribution in [0.3, 0.4) is 0 Å². The largest absolute Gasteiger partial charge is 0.353 e. The summed E-state index contributed by atoms with van der Waals surface area (Å²) in [5, 5.41) is 1.11. The van der Waals surface area contributed by atoms with Crippen molar-refractivity contribution in [1.82, 2.24) is 34.8 Å². The minimum Gasteiger partial charge on any atom is -0.353 e. The number of H-pyrrole nitrogens is 2. The molecule has 2 atom stereocenters. The van der Waals surface area contributed by atoms with E-state index in [0.29, 0.717) is 29.0 Å². The first-order valence-electron chi connectivity index (χ1n) is 11.9. The van der Waals surface area contributed by atoms with Gasteiger partial charge in [0.15, 0.2) is 0 Å². The lowest BCUT2D eigenvalue weighted by atomic mass is 9.96. The molecule has 168 valence electrons. The molecule has 0 radical (unpaired) electrons. The number of aromatic nitrogens is 6. The van der Waals surface area contributed by atoms with E-state index in [1.165, 1.54) is 12.8 Å². The van der Waals surface area contributed by atoms with E-state index in [-0.39, 0.29) is 5.91 Å². The van der Waals surface area contributed by atoms with E-state index in [4.69, 9.17) is 9.97 Å².